The van der Waals surface area contributed by atoms with Crippen molar-refractivity contribution in [1.29, 1.82) is 0 Å². The predicted molar refractivity (Wildman–Crippen MR) is 49.6 cm³/mol. The summed E-state index contributed by atoms with van der Waals surface area (Å²) in [6.45, 7) is 0.866. The SMILES string of the molecule is O=C1CCCCC(=[O+][O-])OCCCCO1. The summed E-state index contributed by atoms with van der Waals surface area (Å²) in [5.41, 5.74) is 0. The van der Waals surface area contributed by atoms with E-state index in [1.165, 1.54) is 0 Å². The molecule has 0 atom stereocenters. The van der Waals surface area contributed by atoms with E-state index in [2.05, 4.69) is 4.58 Å². The Labute approximate surface area is 88.6 Å². The van der Waals surface area contributed by atoms with E-state index in [1.807, 2.05) is 0 Å². The van der Waals surface area contributed by atoms with Crippen LogP contribution in [-0.4, -0.2) is 25.2 Å². The van der Waals surface area contributed by atoms with E-state index >= 15 is 0 Å². The van der Waals surface area contributed by atoms with E-state index in [1.54, 1.807) is 0 Å². The van der Waals surface area contributed by atoms with Gasteiger partial charge in [0.05, 0.1) is 6.61 Å². The van der Waals surface area contributed by atoms with E-state index in [0.29, 0.717) is 38.9 Å². The maximum Gasteiger partial charge on any atom is 0.497 e. The molecule has 0 spiro atoms. The summed E-state index contributed by atoms with van der Waals surface area (Å²) in [6, 6.07) is 0. The fourth-order valence-corrected chi connectivity index (χ4v) is 1.32. The van der Waals surface area contributed by atoms with Gasteiger partial charge in [-0.1, -0.05) is 0 Å². The highest BCUT2D eigenvalue weighted by Crippen LogP contribution is 2.05. The number of cyclic esters (lactones) is 2. The van der Waals surface area contributed by atoms with Crippen molar-refractivity contribution in [1.82, 2.24) is 0 Å². The summed E-state index contributed by atoms with van der Waals surface area (Å²) >= 11 is 0. The second-order valence-corrected chi connectivity index (χ2v) is 3.44. The predicted octanol–water partition coefficient (Wildman–Crippen LogP) is 0.238. The standard InChI is InChI=1S/C10H16O5/c11-9-5-1-2-6-10(15-12)14-8-4-3-7-13-9/h1-8H2. The van der Waals surface area contributed by atoms with Crippen molar-refractivity contribution in [3.05, 3.63) is 0 Å². The van der Waals surface area contributed by atoms with Crippen LogP contribution in [-0.2, 0) is 18.8 Å². The number of rotatable bonds is 0. The van der Waals surface area contributed by atoms with Crippen LogP contribution in [0, 0.1) is 0 Å². The minimum atomic E-state index is -0.166. The molecule has 0 saturated carbocycles. The minimum Gasteiger partial charge on any atom is -0.588 e. The average Bonchev–Trinajstić information content (AvgIpc) is 2.23. The van der Waals surface area contributed by atoms with Crippen LogP contribution < -0.4 is 5.26 Å². The lowest BCUT2D eigenvalue weighted by Gasteiger charge is -2.05. The Morgan fingerprint density at radius 2 is 1.67 bits per heavy atom. The van der Waals surface area contributed by atoms with Gasteiger partial charge in [-0.2, -0.15) is 0 Å². The first kappa shape index (κ1) is 11.8. The molecule has 0 amide bonds. The summed E-state index contributed by atoms with van der Waals surface area (Å²) in [7, 11) is 0. The van der Waals surface area contributed by atoms with Crippen LogP contribution in [0.1, 0.15) is 38.5 Å². The largest absolute Gasteiger partial charge is 0.588 e. The van der Waals surface area contributed by atoms with Crippen molar-refractivity contribution < 1.29 is 24.1 Å². The van der Waals surface area contributed by atoms with Crippen molar-refractivity contribution in [3.8, 4) is 0 Å². The van der Waals surface area contributed by atoms with Crippen molar-refractivity contribution in [3.63, 3.8) is 0 Å². The first-order valence-corrected chi connectivity index (χ1v) is 5.27. The molecule has 0 unspecified atom stereocenters. The highest BCUT2D eigenvalue weighted by Gasteiger charge is 2.14. The molecule has 0 bridgehead atoms. The normalized spacial score (nSPS) is 23.5. The van der Waals surface area contributed by atoms with Crippen molar-refractivity contribution in [2.75, 3.05) is 13.2 Å². The number of carbonyl (C=O) groups is 1. The smallest absolute Gasteiger partial charge is 0.497 e. The van der Waals surface area contributed by atoms with E-state index in [-0.39, 0.29) is 11.9 Å². The summed E-state index contributed by atoms with van der Waals surface area (Å²) in [5.74, 6) is -0.0370. The average molecular weight is 216 g/mol. The molecule has 0 aromatic heterocycles. The quantitative estimate of drug-likeness (QED) is 0.252. The van der Waals surface area contributed by atoms with Gasteiger partial charge in [0.25, 0.3) is 0 Å². The zero-order valence-electron chi connectivity index (χ0n) is 8.70. The second kappa shape index (κ2) is 7.09. The second-order valence-electron chi connectivity index (χ2n) is 3.44. The third-order valence-corrected chi connectivity index (χ3v) is 2.17. The van der Waals surface area contributed by atoms with E-state index in [4.69, 9.17) is 9.47 Å². The third kappa shape index (κ3) is 5.24. The van der Waals surface area contributed by atoms with Crippen LogP contribution in [0.3, 0.4) is 0 Å². The lowest BCUT2D eigenvalue weighted by Crippen LogP contribution is -2.16. The molecule has 1 heterocycles. The Morgan fingerprint density at radius 1 is 1.00 bits per heavy atom. The van der Waals surface area contributed by atoms with E-state index in [0.717, 1.165) is 12.8 Å². The number of hydrogen-bond acceptors (Lipinski definition) is 4. The molecule has 1 rings (SSSR count). The van der Waals surface area contributed by atoms with Crippen molar-refractivity contribution >= 4 is 11.9 Å². The molecular weight excluding hydrogens is 200 g/mol. The molecule has 1 fully saturated rings. The summed E-state index contributed by atoms with van der Waals surface area (Å²) < 4.78 is 14.0. The molecule has 15 heavy (non-hydrogen) atoms. The van der Waals surface area contributed by atoms with Gasteiger partial charge in [0.2, 0.25) is 0 Å². The molecule has 0 aromatic carbocycles. The maximum absolute atomic E-state index is 11.1. The van der Waals surface area contributed by atoms with Crippen LogP contribution in [0.2, 0.25) is 0 Å². The highest BCUT2D eigenvalue weighted by atomic mass is 17.1. The zero-order chi connectivity index (χ0) is 10.9. The molecule has 1 aliphatic rings. The van der Waals surface area contributed by atoms with Gasteiger partial charge in [0.15, 0.2) is 6.61 Å². The molecule has 0 radical (unpaired) electrons. The number of carbonyl (C=O) groups excluding carboxylic acids is 2. The van der Waals surface area contributed by atoms with Gasteiger partial charge in [-0.3, -0.25) is 9.37 Å². The van der Waals surface area contributed by atoms with Crippen molar-refractivity contribution in [2.45, 2.75) is 38.5 Å². The van der Waals surface area contributed by atoms with Crippen LogP contribution in [0.25, 0.3) is 0 Å². The van der Waals surface area contributed by atoms with Gasteiger partial charge in [-0.25, -0.2) is 0 Å². The summed E-state index contributed by atoms with van der Waals surface area (Å²) in [5, 5.41) is 10.2. The highest BCUT2D eigenvalue weighted by molar-refractivity contribution is 5.70. The molecule has 5 nitrogen and oxygen atoms in total. The Morgan fingerprint density at radius 3 is 2.40 bits per heavy atom. The third-order valence-electron chi connectivity index (χ3n) is 2.17. The number of ether oxygens (including phenoxy) is 2. The van der Waals surface area contributed by atoms with Crippen LogP contribution in [0.5, 0.6) is 0 Å². The van der Waals surface area contributed by atoms with Crippen molar-refractivity contribution in [2.24, 2.45) is 0 Å². The van der Waals surface area contributed by atoms with Crippen LogP contribution >= 0.6 is 0 Å². The van der Waals surface area contributed by atoms with Gasteiger partial charge >= 0.3 is 11.9 Å². The van der Waals surface area contributed by atoms with Crippen LogP contribution in [0.15, 0.2) is 0 Å². The first-order chi connectivity index (χ1) is 7.33. The van der Waals surface area contributed by atoms with Gasteiger partial charge in [-0.15, -0.1) is 0 Å². The summed E-state index contributed by atoms with van der Waals surface area (Å²) in [4.78, 5) is 11.1. The van der Waals surface area contributed by atoms with Gasteiger partial charge in [0.1, 0.15) is 6.42 Å². The molecule has 1 aliphatic heterocycles. The lowest BCUT2D eigenvalue weighted by molar-refractivity contribution is -1.05. The van der Waals surface area contributed by atoms with E-state index < -0.39 is 0 Å². The topological polar surface area (TPSA) is 69.9 Å². The van der Waals surface area contributed by atoms with Crippen LogP contribution in [0.4, 0.5) is 0 Å². The van der Waals surface area contributed by atoms with Gasteiger partial charge in [-0.05, 0) is 19.3 Å². The summed E-state index contributed by atoms with van der Waals surface area (Å²) in [6.07, 6.45) is 3.74. The lowest BCUT2D eigenvalue weighted by atomic mass is 10.2. The molecule has 86 valence electrons. The molecule has 5 heteroatoms. The zero-order valence-corrected chi connectivity index (χ0v) is 8.70. The Balaban J connectivity index is 2.34. The monoisotopic (exact) mass is 216 g/mol. The molecular formula is C10H16O5. The molecule has 0 N–H and O–H groups in total. The number of esters is 2. The molecule has 0 aromatic rings. The van der Waals surface area contributed by atoms with Gasteiger partial charge in [0, 0.05) is 12.8 Å². The fraction of sp³-hybridized carbons (Fsp3) is 0.800. The Bertz CT molecular complexity index is 224. The maximum atomic E-state index is 11.1. The number of hydrogen-bond donors (Lipinski definition) is 0. The molecule has 0 aliphatic carbocycles. The van der Waals surface area contributed by atoms with E-state index in [9.17, 15) is 10.1 Å². The molecule has 1 saturated heterocycles. The Hall–Kier alpha value is -1.26. The van der Waals surface area contributed by atoms with Gasteiger partial charge < -0.3 is 14.7 Å². The first-order valence-electron chi connectivity index (χ1n) is 5.27. The fourth-order valence-electron chi connectivity index (χ4n) is 1.32. The minimum absolute atomic E-state index is 0.129. The Kier molecular flexibility index (Phi) is 5.58.